The minimum absolute atomic E-state index is 0.0250. The minimum Gasteiger partial charge on any atom is -0.399 e. The number of hydrogen-bond acceptors (Lipinski definition) is 2. The summed E-state index contributed by atoms with van der Waals surface area (Å²) in [5, 5.41) is 2.91. The molecule has 1 amide bonds. The number of rotatable bonds is 3. The lowest BCUT2D eigenvalue weighted by Gasteiger charge is -2.10. The van der Waals surface area contributed by atoms with Crippen LogP contribution in [0.4, 0.5) is 11.4 Å². The van der Waals surface area contributed by atoms with Crippen LogP contribution in [0.5, 0.6) is 0 Å². The molecular formula is C16H18N2O. The maximum atomic E-state index is 12.0. The van der Waals surface area contributed by atoms with Gasteiger partial charge in [0.2, 0.25) is 5.91 Å². The number of benzene rings is 2. The van der Waals surface area contributed by atoms with Crippen molar-refractivity contribution < 1.29 is 4.79 Å². The highest BCUT2D eigenvalue weighted by atomic mass is 16.1. The van der Waals surface area contributed by atoms with Gasteiger partial charge in [0.1, 0.15) is 0 Å². The van der Waals surface area contributed by atoms with Crippen LogP contribution < -0.4 is 11.1 Å². The standard InChI is InChI=1S/C16H18N2O/c1-11-5-3-4-6-13(11)9-16(19)18-15-10-14(17)8-7-12(15)2/h3-8,10H,9,17H2,1-2H3,(H,18,19). The zero-order chi connectivity index (χ0) is 13.8. The van der Waals surface area contributed by atoms with E-state index < -0.39 is 0 Å². The number of anilines is 2. The highest BCUT2D eigenvalue weighted by Crippen LogP contribution is 2.18. The predicted octanol–water partition coefficient (Wildman–Crippen LogP) is 3.07. The maximum absolute atomic E-state index is 12.0. The van der Waals surface area contributed by atoms with E-state index in [0.717, 1.165) is 22.4 Å². The minimum atomic E-state index is -0.0250. The normalized spacial score (nSPS) is 10.2. The van der Waals surface area contributed by atoms with Gasteiger partial charge in [-0.05, 0) is 42.7 Å². The Labute approximate surface area is 113 Å². The van der Waals surface area contributed by atoms with E-state index in [4.69, 9.17) is 5.73 Å². The monoisotopic (exact) mass is 254 g/mol. The van der Waals surface area contributed by atoms with Gasteiger partial charge in [-0.25, -0.2) is 0 Å². The van der Waals surface area contributed by atoms with Crippen LogP contribution in [0.3, 0.4) is 0 Å². The van der Waals surface area contributed by atoms with E-state index in [0.29, 0.717) is 12.1 Å². The maximum Gasteiger partial charge on any atom is 0.228 e. The van der Waals surface area contributed by atoms with Crippen molar-refractivity contribution in [2.24, 2.45) is 0 Å². The summed E-state index contributed by atoms with van der Waals surface area (Å²) >= 11 is 0. The lowest BCUT2D eigenvalue weighted by atomic mass is 10.1. The van der Waals surface area contributed by atoms with E-state index in [9.17, 15) is 4.79 Å². The molecule has 0 aliphatic rings. The Hall–Kier alpha value is -2.29. The lowest BCUT2D eigenvalue weighted by molar-refractivity contribution is -0.115. The summed E-state index contributed by atoms with van der Waals surface area (Å²) < 4.78 is 0. The van der Waals surface area contributed by atoms with Crippen LogP contribution in [0.2, 0.25) is 0 Å². The van der Waals surface area contributed by atoms with E-state index in [2.05, 4.69) is 5.32 Å². The van der Waals surface area contributed by atoms with Gasteiger partial charge >= 0.3 is 0 Å². The van der Waals surface area contributed by atoms with Gasteiger partial charge in [0.05, 0.1) is 6.42 Å². The highest BCUT2D eigenvalue weighted by Gasteiger charge is 2.07. The molecule has 0 spiro atoms. The molecule has 0 aliphatic heterocycles. The first kappa shape index (κ1) is 13.1. The average Bonchev–Trinajstić information content (AvgIpc) is 2.37. The molecule has 98 valence electrons. The number of carbonyl (C=O) groups is 1. The summed E-state index contributed by atoms with van der Waals surface area (Å²) in [6.07, 6.45) is 0.376. The second-order valence-electron chi connectivity index (χ2n) is 4.73. The fourth-order valence-corrected chi connectivity index (χ4v) is 1.95. The molecule has 2 rings (SSSR count). The van der Waals surface area contributed by atoms with Gasteiger partial charge in [-0.2, -0.15) is 0 Å². The first-order valence-electron chi connectivity index (χ1n) is 6.27. The summed E-state index contributed by atoms with van der Waals surface area (Å²) in [7, 11) is 0. The van der Waals surface area contributed by atoms with Crippen LogP contribution >= 0.6 is 0 Å². The lowest BCUT2D eigenvalue weighted by Crippen LogP contribution is -2.15. The highest BCUT2D eigenvalue weighted by molar-refractivity contribution is 5.93. The molecule has 19 heavy (non-hydrogen) atoms. The van der Waals surface area contributed by atoms with Crippen molar-refractivity contribution >= 4 is 17.3 Å². The summed E-state index contributed by atoms with van der Waals surface area (Å²) in [4.78, 5) is 12.0. The third-order valence-electron chi connectivity index (χ3n) is 3.15. The number of amides is 1. The first-order chi connectivity index (χ1) is 9.06. The molecule has 3 N–H and O–H groups in total. The molecule has 2 aromatic rings. The van der Waals surface area contributed by atoms with Crippen LogP contribution in [0, 0.1) is 13.8 Å². The van der Waals surface area contributed by atoms with E-state index in [1.165, 1.54) is 0 Å². The largest absolute Gasteiger partial charge is 0.399 e. The zero-order valence-corrected chi connectivity index (χ0v) is 11.2. The molecule has 0 fully saturated rings. The molecule has 2 aromatic carbocycles. The zero-order valence-electron chi connectivity index (χ0n) is 11.2. The van der Waals surface area contributed by atoms with E-state index in [1.54, 1.807) is 6.07 Å². The summed E-state index contributed by atoms with van der Waals surface area (Å²) in [6, 6.07) is 13.4. The van der Waals surface area contributed by atoms with Crippen molar-refractivity contribution in [3.63, 3.8) is 0 Å². The Morgan fingerprint density at radius 3 is 2.58 bits per heavy atom. The Balaban J connectivity index is 2.10. The Morgan fingerprint density at radius 2 is 1.84 bits per heavy atom. The van der Waals surface area contributed by atoms with Gasteiger partial charge in [-0.1, -0.05) is 30.3 Å². The number of nitrogens with two attached hydrogens (primary N) is 1. The summed E-state index contributed by atoms with van der Waals surface area (Å²) in [5.74, 6) is -0.0250. The smallest absolute Gasteiger partial charge is 0.228 e. The first-order valence-corrected chi connectivity index (χ1v) is 6.27. The van der Waals surface area contributed by atoms with Crippen molar-refractivity contribution in [1.29, 1.82) is 0 Å². The number of aryl methyl sites for hydroxylation is 2. The molecule has 0 bridgehead atoms. The molecule has 3 heteroatoms. The van der Waals surface area contributed by atoms with Crippen molar-refractivity contribution in [3.05, 3.63) is 59.2 Å². The average molecular weight is 254 g/mol. The molecule has 3 nitrogen and oxygen atoms in total. The van der Waals surface area contributed by atoms with Crippen molar-refractivity contribution in [1.82, 2.24) is 0 Å². The summed E-state index contributed by atoms with van der Waals surface area (Å²) in [5.41, 5.74) is 10.3. The van der Waals surface area contributed by atoms with Gasteiger partial charge in [0, 0.05) is 11.4 Å². The molecule has 0 saturated carbocycles. The molecular weight excluding hydrogens is 236 g/mol. The van der Waals surface area contributed by atoms with Crippen molar-refractivity contribution in [2.45, 2.75) is 20.3 Å². The van der Waals surface area contributed by atoms with Crippen LogP contribution in [0.25, 0.3) is 0 Å². The quantitative estimate of drug-likeness (QED) is 0.827. The van der Waals surface area contributed by atoms with E-state index >= 15 is 0 Å². The number of nitrogen functional groups attached to an aromatic ring is 1. The fraction of sp³-hybridized carbons (Fsp3) is 0.188. The van der Waals surface area contributed by atoms with Gasteiger partial charge < -0.3 is 11.1 Å². The van der Waals surface area contributed by atoms with Crippen LogP contribution in [0.1, 0.15) is 16.7 Å². The van der Waals surface area contributed by atoms with E-state index in [-0.39, 0.29) is 5.91 Å². The fourth-order valence-electron chi connectivity index (χ4n) is 1.95. The Kier molecular flexibility index (Phi) is 3.85. The number of carbonyl (C=O) groups excluding carboxylic acids is 1. The SMILES string of the molecule is Cc1ccccc1CC(=O)Nc1cc(N)ccc1C. The van der Waals surface area contributed by atoms with Gasteiger partial charge in [-0.15, -0.1) is 0 Å². The van der Waals surface area contributed by atoms with Gasteiger partial charge in [0.25, 0.3) is 0 Å². The third kappa shape index (κ3) is 3.35. The molecule has 0 aromatic heterocycles. The topological polar surface area (TPSA) is 55.1 Å². The third-order valence-corrected chi connectivity index (χ3v) is 3.15. The Morgan fingerprint density at radius 1 is 1.11 bits per heavy atom. The molecule has 0 saturated heterocycles. The van der Waals surface area contributed by atoms with Crippen LogP contribution in [-0.2, 0) is 11.2 Å². The molecule has 0 aliphatic carbocycles. The second-order valence-corrected chi connectivity index (χ2v) is 4.73. The molecule has 0 heterocycles. The Bertz CT molecular complexity index is 605. The molecule has 0 atom stereocenters. The van der Waals surface area contributed by atoms with Gasteiger partial charge in [-0.3, -0.25) is 4.79 Å². The van der Waals surface area contributed by atoms with E-state index in [1.807, 2.05) is 50.2 Å². The molecule has 0 radical (unpaired) electrons. The van der Waals surface area contributed by atoms with Crippen molar-refractivity contribution in [3.8, 4) is 0 Å². The number of hydrogen-bond donors (Lipinski definition) is 2. The number of nitrogens with one attached hydrogen (secondary N) is 1. The van der Waals surface area contributed by atoms with Crippen LogP contribution in [-0.4, -0.2) is 5.91 Å². The van der Waals surface area contributed by atoms with Crippen LogP contribution in [0.15, 0.2) is 42.5 Å². The predicted molar refractivity (Wildman–Crippen MR) is 79.1 cm³/mol. The second kappa shape index (κ2) is 5.57. The van der Waals surface area contributed by atoms with Gasteiger partial charge in [0.15, 0.2) is 0 Å². The molecule has 0 unspecified atom stereocenters. The summed E-state index contributed by atoms with van der Waals surface area (Å²) in [6.45, 7) is 3.96. The van der Waals surface area contributed by atoms with Crippen molar-refractivity contribution in [2.75, 3.05) is 11.1 Å².